The Hall–Kier alpha value is -1.77. The van der Waals surface area contributed by atoms with Crippen LogP contribution in [0.15, 0.2) is 30.4 Å². The van der Waals surface area contributed by atoms with Gasteiger partial charge in [0, 0.05) is 12.0 Å². The predicted molar refractivity (Wildman–Crippen MR) is 80.8 cm³/mol. The number of carbonyl (C=O) groups excluding carboxylic acids is 1. The van der Waals surface area contributed by atoms with Crippen molar-refractivity contribution in [3.8, 4) is 5.75 Å². The molecule has 20 heavy (non-hydrogen) atoms. The molecule has 0 spiro atoms. The van der Waals surface area contributed by atoms with Crippen LogP contribution >= 0.6 is 0 Å². The summed E-state index contributed by atoms with van der Waals surface area (Å²) < 4.78 is 5.37. The molecule has 0 radical (unpaired) electrons. The minimum absolute atomic E-state index is 0.0391. The fourth-order valence-electron chi connectivity index (χ4n) is 2.67. The summed E-state index contributed by atoms with van der Waals surface area (Å²) in [5.74, 6) is 1.34. The van der Waals surface area contributed by atoms with Gasteiger partial charge in [0.1, 0.15) is 5.75 Å². The van der Waals surface area contributed by atoms with Gasteiger partial charge in [-0.15, -0.1) is 0 Å². The lowest BCUT2D eigenvalue weighted by Crippen LogP contribution is -2.28. The smallest absolute Gasteiger partial charge is 0.221 e. The zero-order valence-electron chi connectivity index (χ0n) is 12.5. The second-order valence-electron chi connectivity index (χ2n) is 5.50. The Bertz CT molecular complexity index is 508. The van der Waals surface area contributed by atoms with E-state index in [1.165, 1.54) is 5.56 Å². The first kappa shape index (κ1) is 14.6. The quantitative estimate of drug-likeness (QED) is 0.833. The zero-order valence-corrected chi connectivity index (χ0v) is 12.5. The molecule has 108 valence electrons. The minimum Gasteiger partial charge on any atom is -0.496 e. The van der Waals surface area contributed by atoms with Gasteiger partial charge < -0.3 is 10.1 Å². The fraction of sp³-hybridized carbons (Fsp3) is 0.471. The number of nitrogens with one attached hydrogen (secondary N) is 1. The third kappa shape index (κ3) is 3.62. The first-order valence-corrected chi connectivity index (χ1v) is 7.20. The van der Waals surface area contributed by atoms with Crippen molar-refractivity contribution in [1.82, 2.24) is 5.32 Å². The van der Waals surface area contributed by atoms with Crippen LogP contribution in [-0.2, 0) is 4.79 Å². The molecule has 0 fully saturated rings. The van der Waals surface area contributed by atoms with Gasteiger partial charge in [-0.05, 0) is 38.7 Å². The molecule has 0 bridgehead atoms. The number of allylic oxidation sites excluding steroid dienone is 2. The number of rotatable bonds is 5. The molecule has 1 aromatic carbocycles. The van der Waals surface area contributed by atoms with Crippen LogP contribution in [-0.4, -0.2) is 13.0 Å². The highest BCUT2D eigenvalue weighted by molar-refractivity contribution is 5.77. The molecule has 0 saturated heterocycles. The van der Waals surface area contributed by atoms with Crippen molar-refractivity contribution in [2.24, 2.45) is 5.92 Å². The van der Waals surface area contributed by atoms with Gasteiger partial charge in [0.2, 0.25) is 5.91 Å². The highest BCUT2D eigenvalue weighted by Gasteiger charge is 2.18. The molecule has 1 aromatic rings. The van der Waals surface area contributed by atoms with E-state index < -0.39 is 0 Å². The lowest BCUT2D eigenvalue weighted by Gasteiger charge is -2.19. The number of hydrogen-bond donors (Lipinski definition) is 1. The molecule has 1 N–H and O–H groups in total. The molecule has 0 heterocycles. The largest absolute Gasteiger partial charge is 0.496 e. The number of hydrogen-bond acceptors (Lipinski definition) is 2. The van der Waals surface area contributed by atoms with Gasteiger partial charge in [-0.1, -0.05) is 29.8 Å². The summed E-state index contributed by atoms with van der Waals surface area (Å²) in [5, 5.41) is 3.07. The van der Waals surface area contributed by atoms with Crippen LogP contribution in [0.25, 0.3) is 0 Å². The van der Waals surface area contributed by atoms with Crippen LogP contribution in [0.1, 0.15) is 43.4 Å². The number of aryl methyl sites for hydroxylation is 1. The molecular weight excluding hydrogens is 250 g/mol. The maximum absolute atomic E-state index is 12.1. The zero-order chi connectivity index (χ0) is 14.5. The van der Waals surface area contributed by atoms with Gasteiger partial charge in [-0.25, -0.2) is 0 Å². The first-order chi connectivity index (χ1) is 9.60. The van der Waals surface area contributed by atoms with Crippen molar-refractivity contribution in [3.63, 3.8) is 0 Å². The predicted octanol–water partition coefficient (Wildman–Crippen LogP) is 3.54. The lowest BCUT2D eigenvalue weighted by molar-refractivity contribution is -0.122. The average Bonchev–Trinajstić information content (AvgIpc) is 2.91. The van der Waals surface area contributed by atoms with Gasteiger partial charge in [0.15, 0.2) is 0 Å². The van der Waals surface area contributed by atoms with Crippen LogP contribution in [0.3, 0.4) is 0 Å². The van der Waals surface area contributed by atoms with Crippen molar-refractivity contribution in [1.29, 1.82) is 0 Å². The van der Waals surface area contributed by atoms with E-state index in [9.17, 15) is 4.79 Å². The number of ether oxygens (including phenoxy) is 1. The van der Waals surface area contributed by atoms with Crippen LogP contribution in [0.4, 0.5) is 0 Å². The van der Waals surface area contributed by atoms with Crippen molar-refractivity contribution >= 4 is 5.91 Å². The molecule has 2 rings (SSSR count). The van der Waals surface area contributed by atoms with Crippen LogP contribution in [0.5, 0.6) is 5.75 Å². The third-order valence-corrected chi connectivity index (χ3v) is 3.79. The summed E-state index contributed by atoms with van der Waals surface area (Å²) in [6.45, 7) is 4.04. The van der Waals surface area contributed by atoms with Gasteiger partial charge in [0.25, 0.3) is 0 Å². The summed E-state index contributed by atoms with van der Waals surface area (Å²) in [7, 11) is 1.66. The third-order valence-electron chi connectivity index (χ3n) is 3.79. The van der Waals surface area contributed by atoms with E-state index in [4.69, 9.17) is 4.74 Å². The Balaban J connectivity index is 2.00. The second-order valence-corrected chi connectivity index (χ2v) is 5.50. The van der Waals surface area contributed by atoms with Crippen LogP contribution < -0.4 is 10.1 Å². The van der Waals surface area contributed by atoms with E-state index in [-0.39, 0.29) is 11.9 Å². The van der Waals surface area contributed by atoms with Crippen LogP contribution in [0.2, 0.25) is 0 Å². The summed E-state index contributed by atoms with van der Waals surface area (Å²) in [5.41, 5.74) is 2.20. The molecule has 0 aromatic heterocycles. The van der Waals surface area contributed by atoms with Gasteiger partial charge in [0.05, 0.1) is 13.2 Å². The van der Waals surface area contributed by atoms with Gasteiger partial charge >= 0.3 is 0 Å². The highest BCUT2D eigenvalue weighted by Crippen LogP contribution is 2.27. The van der Waals surface area contributed by atoms with Crippen molar-refractivity contribution < 1.29 is 9.53 Å². The number of amides is 1. The maximum Gasteiger partial charge on any atom is 0.221 e. The van der Waals surface area contributed by atoms with E-state index in [1.54, 1.807) is 7.11 Å². The highest BCUT2D eigenvalue weighted by atomic mass is 16.5. The monoisotopic (exact) mass is 273 g/mol. The Kier molecular flexibility index (Phi) is 4.83. The normalized spacial score (nSPS) is 18.9. The summed E-state index contributed by atoms with van der Waals surface area (Å²) >= 11 is 0. The summed E-state index contributed by atoms with van der Waals surface area (Å²) in [4.78, 5) is 12.1. The Labute approximate surface area is 121 Å². The van der Waals surface area contributed by atoms with Gasteiger partial charge in [-0.2, -0.15) is 0 Å². The number of benzene rings is 1. The Morgan fingerprint density at radius 1 is 1.50 bits per heavy atom. The molecule has 0 unspecified atom stereocenters. The molecule has 1 aliphatic carbocycles. The standard InChI is InChI=1S/C17H23NO2/c1-12-8-9-16(20-3)15(10-12)13(2)18-17(19)11-14-6-4-5-7-14/h4,6,8-10,13-14H,5,7,11H2,1-3H3,(H,18,19)/t13-,14+/m0/s1. The first-order valence-electron chi connectivity index (χ1n) is 7.20. The van der Waals surface area contributed by atoms with Crippen molar-refractivity contribution in [2.45, 2.75) is 39.2 Å². The molecule has 3 heteroatoms. The van der Waals surface area contributed by atoms with Gasteiger partial charge in [-0.3, -0.25) is 4.79 Å². The molecule has 1 amide bonds. The number of methoxy groups -OCH3 is 1. The van der Waals surface area contributed by atoms with Crippen LogP contribution in [0, 0.1) is 12.8 Å². The van der Waals surface area contributed by atoms with Crippen molar-refractivity contribution in [3.05, 3.63) is 41.5 Å². The van der Waals surface area contributed by atoms with E-state index >= 15 is 0 Å². The van der Waals surface area contributed by atoms with E-state index in [0.717, 1.165) is 24.2 Å². The molecule has 3 nitrogen and oxygen atoms in total. The average molecular weight is 273 g/mol. The van der Waals surface area contributed by atoms with E-state index in [1.807, 2.05) is 26.0 Å². The summed E-state index contributed by atoms with van der Waals surface area (Å²) in [6, 6.07) is 6.00. The Morgan fingerprint density at radius 3 is 2.95 bits per heavy atom. The summed E-state index contributed by atoms with van der Waals surface area (Å²) in [6.07, 6.45) is 7.08. The molecule has 0 saturated carbocycles. The molecule has 2 atom stereocenters. The van der Waals surface area contributed by atoms with E-state index in [2.05, 4.69) is 23.5 Å². The topological polar surface area (TPSA) is 38.3 Å². The Morgan fingerprint density at radius 2 is 2.30 bits per heavy atom. The SMILES string of the molecule is COc1ccc(C)cc1[C@H](C)NC(=O)C[C@@H]1C=CCC1. The molecule has 0 aliphatic heterocycles. The fourth-order valence-corrected chi connectivity index (χ4v) is 2.67. The second kappa shape index (κ2) is 6.60. The number of carbonyl (C=O) groups is 1. The molecular formula is C17H23NO2. The minimum atomic E-state index is -0.0391. The maximum atomic E-state index is 12.1. The van der Waals surface area contributed by atoms with Crippen molar-refractivity contribution in [2.75, 3.05) is 7.11 Å². The molecule has 1 aliphatic rings. The lowest BCUT2D eigenvalue weighted by atomic mass is 10.0. The van der Waals surface area contributed by atoms with E-state index in [0.29, 0.717) is 12.3 Å².